The van der Waals surface area contributed by atoms with Crippen molar-refractivity contribution in [1.82, 2.24) is 10.2 Å². The number of hydrogen-bond donors (Lipinski definition) is 2. The first kappa shape index (κ1) is 22.4. The predicted octanol–water partition coefficient (Wildman–Crippen LogP) is 3.15. The SMILES string of the molecule is CC(C(=O)O)N(C(=O)[C@@H]1OCC[C@@H]1NC(=O)OCC1c2ccccc2-c2ccccc21)C1CC1. The van der Waals surface area contributed by atoms with Crippen molar-refractivity contribution in [2.24, 2.45) is 0 Å². The molecule has 1 unspecified atom stereocenters. The van der Waals surface area contributed by atoms with Crippen molar-refractivity contribution < 1.29 is 29.0 Å². The summed E-state index contributed by atoms with van der Waals surface area (Å²) in [5, 5.41) is 12.2. The average molecular weight is 465 g/mol. The number of aliphatic carboxylic acids is 1. The molecule has 0 bridgehead atoms. The topological polar surface area (TPSA) is 105 Å². The van der Waals surface area contributed by atoms with E-state index in [0.717, 1.165) is 35.1 Å². The summed E-state index contributed by atoms with van der Waals surface area (Å²) in [5.74, 6) is -1.50. The van der Waals surface area contributed by atoms with Crippen molar-refractivity contribution in [3.63, 3.8) is 0 Å². The Morgan fingerprint density at radius 3 is 2.26 bits per heavy atom. The van der Waals surface area contributed by atoms with Crippen LogP contribution in [0.25, 0.3) is 11.1 Å². The molecule has 34 heavy (non-hydrogen) atoms. The quantitative estimate of drug-likeness (QED) is 0.652. The van der Waals surface area contributed by atoms with Gasteiger partial charge in [0.1, 0.15) is 12.6 Å². The van der Waals surface area contributed by atoms with Gasteiger partial charge in [-0.1, -0.05) is 48.5 Å². The molecular formula is C26H28N2O6. The fraction of sp³-hybridized carbons (Fsp3) is 0.423. The Hall–Kier alpha value is -3.39. The lowest BCUT2D eigenvalue weighted by Gasteiger charge is -2.30. The highest BCUT2D eigenvalue weighted by molar-refractivity contribution is 5.88. The van der Waals surface area contributed by atoms with Gasteiger partial charge < -0.3 is 24.8 Å². The second kappa shape index (κ2) is 9.10. The van der Waals surface area contributed by atoms with Crippen LogP contribution in [-0.2, 0) is 19.1 Å². The molecule has 2 N–H and O–H groups in total. The first-order valence-electron chi connectivity index (χ1n) is 11.7. The van der Waals surface area contributed by atoms with Crippen molar-refractivity contribution in [3.05, 3.63) is 59.7 Å². The number of alkyl carbamates (subject to hydrolysis) is 1. The standard InChI is InChI=1S/C26H28N2O6/c1-15(25(30)31)28(16-10-11-16)24(29)23-22(12-13-33-23)27-26(32)34-14-21-19-8-4-2-6-17(19)18-7-3-5-9-20(18)21/h2-9,15-16,21-23H,10-14H2,1H3,(H,27,32)(H,30,31)/t15?,22-,23+/m0/s1. The summed E-state index contributed by atoms with van der Waals surface area (Å²) in [6.45, 7) is 1.99. The Labute approximate surface area is 197 Å². The smallest absolute Gasteiger partial charge is 0.407 e. The van der Waals surface area contributed by atoms with Crippen molar-refractivity contribution in [1.29, 1.82) is 0 Å². The van der Waals surface area contributed by atoms with Gasteiger partial charge in [-0.15, -0.1) is 0 Å². The zero-order valence-corrected chi connectivity index (χ0v) is 19.0. The van der Waals surface area contributed by atoms with Crippen LogP contribution in [0.1, 0.15) is 43.2 Å². The fourth-order valence-electron chi connectivity index (χ4n) is 5.08. The molecule has 2 aliphatic carbocycles. The Morgan fingerprint density at radius 2 is 1.68 bits per heavy atom. The van der Waals surface area contributed by atoms with E-state index in [1.807, 2.05) is 24.3 Å². The molecule has 8 heteroatoms. The summed E-state index contributed by atoms with van der Waals surface area (Å²) >= 11 is 0. The molecule has 0 spiro atoms. The number of carboxylic acid groups (broad SMARTS) is 1. The third-order valence-electron chi connectivity index (χ3n) is 6.95. The van der Waals surface area contributed by atoms with Gasteiger partial charge in [0.05, 0.1) is 6.04 Å². The van der Waals surface area contributed by atoms with Gasteiger partial charge in [0.25, 0.3) is 5.91 Å². The van der Waals surface area contributed by atoms with E-state index in [4.69, 9.17) is 9.47 Å². The van der Waals surface area contributed by atoms with Crippen LogP contribution in [0, 0.1) is 0 Å². The minimum absolute atomic E-state index is 0.0582. The van der Waals surface area contributed by atoms with Crippen LogP contribution in [0.5, 0.6) is 0 Å². The molecule has 1 aliphatic heterocycles. The number of nitrogens with one attached hydrogen (secondary N) is 1. The summed E-state index contributed by atoms with van der Waals surface area (Å²) in [4.78, 5) is 38.8. The molecule has 178 valence electrons. The fourth-order valence-corrected chi connectivity index (χ4v) is 5.08. The zero-order chi connectivity index (χ0) is 23.8. The summed E-state index contributed by atoms with van der Waals surface area (Å²) in [6, 6.07) is 14.6. The number of carbonyl (C=O) groups is 3. The number of rotatable bonds is 7. The van der Waals surface area contributed by atoms with Gasteiger partial charge in [0.15, 0.2) is 6.10 Å². The lowest BCUT2D eigenvalue weighted by molar-refractivity contribution is -0.155. The van der Waals surface area contributed by atoms with Gasteiger partial charge in [0.2, 0.25) is 0 Å². The van der Waals surface area contributed by atoms with Gasteiger partial charge in [-0.05, 0) is 48.4 Å². The Bertz CT molecular complexity index is 1070. The minimum atomic E-state index is -1.06. The average Bonchev–Trinajstić information content (AvgIpc) is 3.47. The van der Waals surface area contributed by atoms with Gasteiger partial charge in [0, 0.05) is 18.6 Å². The maximum Gasteiger partial charge on any atom is 0.407 e. The van der Waals surface area contributed by atoms with Crippen molar-refractivity contribution in [2.45, 2.75) is 56.3 Å². The molecule has 1 saturated heterocycles. The molecule has 2 amide bonds. The van der Waals surface area contributed by atoms with E-state index < -0.39 is 30.3 Å². The number of amides is 2. The van der Waals surface area contributed by atoms with Gasteiger partial charge in [-0.2, -0.15) is 0 Å². The molecule has 2 aromatic carbocycles. The van der Waals surface area contributed by atoms with Crippen LogP contribution in [0.3, 0.4) is 0 Å². The largest absolute Gasteiger partial charge is 0.480 e. The predicted molar refractivity (Wildman–Crippen MR) is 123 cm³/mol. The van der Waals surface area contributed by atoms with E-state index in [0.29, 0.717) is 13.0 Å². The maximum absolute atomic E-state index is 13.2. The molecule has 2 fully saturated rings. The first-order valence-corrected chi connectivity index (χ1v) is 11.7. The third-order valence-corrected chi connectivity index (χ3v) is 6.95. The first-order chi connectivity index (χ1) is 16.5. The summed E-state index contributed by atoms with van der Waals surface area (Å²) in [7, 11) is 0. The Morgan fingerprint density at radius 1 is 1.06 bits per heavy atom. The molecule has 0 radical (unpaired) electrons. The van der Waals surface area contributed by atoms with E-state index in [1.165, 1.54) is 11.8 Å². The van der Waals surface area contributed by atoms with Crippen LogP contribution < -0.4 is 5.32 Å². The number of carboxylic acids is 1. The molecule has 2 aromatic rings. The summed E-state index contributed by atoms with van der Waals surface area (Å²) in [5.41, 5.74) is 4.54. The second-order valence-corrected chi connectivity index (χ2v) is 9.15. The molecular weight excluding hydrogens is 436 g/mol. The second-order valence-electron chi connectivity index (χ2n) is 9.15. The van der Waals surface area contributed by atoms with Gasteiger partial charge in [-0.25, -0.2) is 9.59 Å². The number of ether oxygens (including phenoxy) is 2. The molecule has 1 saturated carbocycles. The molecule has 0 aromatic heterocycles. The monoisotopic (exact) mass is 464 g/mol. The van der Waals surface area contributed by atoms with Crippen molar-refractivity contribution in [2.75, 3.05) is 13.2 Å². The van der Waals surface area contributed by atoms with Crippen LogP contribution in [-0.4, -0.2) is 65.4 Å². The molecule has 8 nitrogen and oxygen atoms in total. The lowest BCUT2D eigenvalue weighted by atomic mass is 9.98. The van der Waals surface area contributed by atoms with Gasteiger partial charge >= 0.3 is 12.1 Å². The highest BCUT2D eigenvalue weighted by Crippen LogP contribution is 2.44. The normalized spacial score (nSPS) is 21.9. The molecule has 5 rings (SSSR count). The molecule has 1 heterocycles. The van der Waals surface area contributed by atoms with Crippen molar-refractivity contribution >= 4 is 18.0 Å². The molecule has 3 atom stereocenters. The number of benzene rings is 2. The van der Waals surface area contributed by atoms with Gasteiger partial charge in [-0.3, -0.25) is 4.79 Å². The maximum atomic E-state index is 13.2. The van der Waals surface area contributed by atoms with Crippen LogP contribution >= 0.6 is 0 Å². The van der Waals surface area contributed by atoms with E-state index in [1.54, 1.807) is 0 Å². The highest BCUT2D eigenvalue weighted by atomic mass is 16.6. The van der Waals surface area contributed by atoms with Crippen molar-refractivity contribution in [3.8, 4) is 11.1 Å². The number of fused-ring (bicyclic) bond motifs is 3. The number of carbonyl (C=O) groups excluding carboxylic acids is 2. The Kier molecular flexibility index (Phi) is 6.00. The number of nitrogens with zero attached hydrogens (tertiary/aromatic N) is 1. The molecule has 3 aliphatic rings. The summed E-state index contributed by atoms with van der Waals surface area (Å²) < 4.78 is 11.2. The Balaban J connectivity index is 1.23. The van der Waals surface area contributed by atoms with Crippen LogP contribution in [0.4, 0.5) is 4.79 Å². The lowest BCUT2D eigenvalue weighted by Crippen LogP contribution is -2.54. The number of hydrogen-bond acceptors (Lipinski definition) is 5. The third kappa shape index (κ3) is 4.14. The highest BCUT2D eigenvalue weighted by Gasteiger charge is 2.45. The van der Waals surface area contributed by atoms with E-state index >= 15 is 0 Å². The van der Waals surface area contributed by atoms with E-state index in [9.17, 15) is 19.5 Å². The van der Waals surface area contributed by atoms with E-state index in [2.05, 4.69) is 29.6 Å². The van der Waals surface area contributed by atoms with Crippen LogP contribution in [0.15, 0.2) is 48.5 Å². The zero-order valence-electron chi connectivity index (χ0n) is 19.0. The van der Waals surface area contributed by atoms with Crippen LogP contribution in [0.2, 0.25) is 0 Å². The summed E-state index contributed by atoms with van der Waals surface area (Å²) in [6.07, 6.45) is 0.490. The van der Waals surface area contributed by atoms with E-state index in [-0.39, 0.29) is 24.5 Å². The minimum Gasteiger partial charge on any atom is -0.480 e.